The molecule has 0 saturated heterocycles. The molecule has 4 aliphatic carbocycles. The maximum Gasteiger partial charge on any atom is 0.227 e. The van der Waals surface area contributed by atoms with Crippen molar-refractivity contribution < 1.29 is 9.59 Å². The zero-order valence-electron chi connectivity index (χ0n) is 14.1. The van der Waals surface area contributed by atoms with E-state index in [0.717, 1.165) is 37.9 Å². The van der Waals surface area contributed by atoms with Gasteiger partial charge in [0.05, 0.1) is 11.3 Å². The molecule has 2 bridgehead atoms. The summed E-state index contributed by atoms with van der Waals surface area (Å²) in [5.74, 6) is 2.26. The van der Waals surface area contributed by atoms with Gasteiger partial charge >= 0.3 is 0 Å². The van der Waals surface area contributed by atoms with Crippen molar-refractivity contribution in [1.29, 1.82) is 0 Å². The van der Waals surface area contributed by atoms with Crippen molar-refractivity contribution in [3.63, 3.8) is 0 Å². The first-order chi connectivity index (χ1) is 11.0. The SMILES string of the molecule is C=C1[C@@H]2C(=O)[C@@]3(CBr)C(C(=O)N(CCC)CCC)[C@H]4[C@@H]3[C@@H]2C[C@@H]14. The van der Waals surface area contributed by atoms with E-state index >= 15 is 0 Å². The van der Waals surface area contributed by atoms with E-state index < -0.39 is 5.41 Å². The monoisotopic (exact) mass is 379 g/mol. The number of ketones is 1. The average Bonchev–Trinajstić information content (AvgIpc) is 3.02. The maximum absolute atomic E-state index is 13.3. The molecular weight excluding hydrogens is 354 g/mol. The Kier molecular flexibility index (Phi) is 3.57. The van der Waals surface area contributed by atoms with Crippen molar-refractivity contribution >= 4 is 27.6 Å². The molecule has 0 aliphatic heterocycles. The second kappa shape index (κ2) is 5.18. The van der Waals surface area contributed by atoms with E-state index in [-0.39, 0.29) is 17.7 Å². The number of carbonyl (C=O) groups excluding carboxylic acids is 2. The standard InChI is InChI=1S/C19H26BrNO2/c1-4-6-21(7-5-2)18(23)16-14-11-8-12-13(10(11)3)17(22)19(16,9-20)15(12)14/h11-16H,3-9H2,1-2H3/t11-,12+,13-,14+,15-,16?,19+/m0/s1. The lowest BCUT2D eigenvalue weighted by atomic mass is 9.47. The molecule has 1 amide bonds. The Morgan fingerprint density at radius 1 is 1.35 bits per heavy atom. The van der Waals surface area contributed by atoms with Crippen molar-refractivity contribution in [3.8, 4) is 0 Å². The first kappa shape index (κ1) is 15.9. The Bertz CT molecular complexity index is 582. The van der Waals surface area contributed by atoms with Crippen LogP contribution in [-0.2, 0) is 9.59 Å². The summed E-state index contributed by atoms with van der Waals surface area (Å²) in [5, 5.41) is 0.648. The van der Waals surface area contributed by atoms with Gasteiger partial charge in [-0.1, -0.05) is 41.9 Å². The highest BCUT2D eigenvalue weighted by Gasteiger charge is 2.83. The quantitative estimate of drug-likeness (QED) is 0.524. The van der Waals surface area contributed by atoms with Crippen LogP contribution < -0.4 is 0 Å². The van der Waals surface area contributed by atoms with E-state index in [2.05, 4.69) is 36.4 Å². The van der Waals surface area contributed by atoms with Crippen LogP contribution in [0.4, 0.5) is 0 Å². The summed E-state index contributed by atoms with van der Waals surface area (Å²) >= 11 is 3.63. The van der Waals surface area contributed by atoms with Gasteiger partial charge in [0, 0.05) is 24.3 Å². The number of hydrogen-bond acceptors (Lipinski definition) is 2. The molecule has 126 valence electrons. The van der Waals surface area contributed by atoms with Crippen molar-refractivity contribution in [2.24, 2.45) is 40.9 Å². The minimum absolute atomic E-state index is 0.0578. The van der Waals surface area contributed by atoms with Crippen LogP contribution in [0.3, 0.4) is 0 Å². The molecule has 23 heavy (non-hydrogen) atoms. The first-order valence-corrected chi connectivity index (χ1v) is 10.2. The summed E-state index contributed by atoms with van der Waals surface area (Å²) < 4.78 is 0. The van der Waals surface area contributed by atoms with Crippen molar-refractivity contribution in [2.75, 3.05) is 18.4 Å². The molecule has 4 aliphatic rings. The number of fused-ring (bicyclic) bond motifs is 2. The third kappa shape index (κ3) is 1.62. The normalized spacial score (nSPS) is 45.5. The zero-order valence-corrected chi connectivity index (χ0v) is 15.6. The molecule has 4 heteroatoms. The van der Waals surface area contributed by atoms with Gasteiger partial charge in [0.15, 0.2) is 0 Å². The third-order valence-corrected chi connectivity index (χ3v) is 8.16. The molecule has 0 N–H and O–H groups in total. The highest BCUT2D eigenvalue weighted by atomic mass is 79.9. The molecule has 3 nitrogen and oxygen atoms in total. The largest absolute Gasteiger partial charge is 0.342 e. The summed E-state index contributed by atoms with van der Waals surface area (Å²) in [5.41, 5.74) is 0.724. The van der Waals surface area contributed by atoms with Gasteiger partial charge in [0.25, 0.3) is 0 Å². The van der Waals surface area contributed by atoms with E-state index in [4.69, 9.17) is 0 Å². The predicted molar refractivity (Wildman–Crippen MR) is 93.1 cm³/mol. The number of amides is 1. The summed E-state index contributed by atoms with van der Waals surface area (Å²) in [4.78, 5) is 28.6. The molecule has 7 atom stereocenters. The van der Waals surface area contributed by atoms with Crippen molar-refractivity contribution in [1.82, 2.24) is 4.90 Å². The van der Waals surface area contributed by atoms with Gasteiger partial charge in [-0.05, 0) is 42.9 Å². The van der Waals surface area contributed by atoms with Crippen LogP contribution in [0.1, 0.15) is 33.1 Å². The molecule has 0 radical (unpaired) electrons. The molecule has 4 rings (SSSR count). The summed E-state index contributed by atoms with van der Waals surface area (Å²) in [6.07, 6.45) is 3.05. The summed E-state index contributed by atoms with van der Waals surface area (Å²) in [7, 11) is 0. The molecule has 0 aromatic heterocycles. The number of halogens is 1. The van der Waals surface area contributed by atoms with Crippen LogP contribution in [0.2, 0.25) is 0 Å². The second-order valence-electron chi connectivity index (χ2n) is 8.00. The number of rotatable bonds is 6. The van der Waals surface area contributed by atoms with Gasteiger partial charge in [-0.25, -0.2) is 0 Å². The molecule has 1 unspecified atom stereocenters. The third-order valence-electron chi connectivity index (χ3n) is 7.23. The Morgan fingerprint density at radius 3 is 2.57 bits per heavy atom. The van der Waals surface area contributed by atoms with Crippen molar-refractivity contribution in [2.45, 2.75) is 33.1 Å². The van der Waals surface area contributed by atoms with Gasteiger partial charge in [0.2, 0.25) is 5.91 Å². The number of Topliss-reactive ketones (excluding diaryl/α,β-unsaturated/α-hetero) is 1. The molecular formula is C19H26BrNO2. The van der Waals surface area contributed by atoms with E-state index in [0.29, 0.717) is 34.8 Å². The Balaban J connectivity index is 1.71. The lowest BCUT2D eigenvalue weighted by molar-refractivity contribution is -0.169. The number of alkyl halides is 1. The fraction of sp³-hybridized carbons (Fsp3) is 0.789. The molecule has 4 fully saturated rings. The fourth-order valence-electron chi connectivity index (χ4n) is 6.64. The minimum Gasteiger partial charge on any atom is -0.342 e. The van der Waals surface area contributed by atoms with Gasteiger partial charge in [-0.15, -0.1) is 0 Å². The average molecular weight is 380 g/mol. The summed E-state index contributed by atoms with van der Waals surface area (Å²) in [6, 6.07) is 0. The van der Waals surface area contributed by atoms with E-state index in [1.807, 2.05) is 4.90 Å². The lowest BCUT2D eigenvalue weighted by Crippen LogP contribution is -2.64. The molecule has 4 saturated carbocycles. The second-order valence-corrected chi connectivity index (χ2v) is 8.56. The Labute approximate surface area is 147 Å². The fourth-order valence-corrected chi connectivity index (χ4v) is 7.64. The first-order valence-electron chi connectivity index (χ1n) is 9.12. The van der Waals surface area contributed by atoms with Crippen LogP contribution in [0.25, 0.3) is 0 Å². The van der Waals surface area contributed by atoms with Gasteiger partial charge in [-0.2, -0.15) is 0 Å². The Morgan fingerprint density at radius 2 is 2.00 bits per heavy atom. The van der Waals surface area contributed by atoms with Gasteiger partial charge in [0.1, 0.15) is 5.78 Å². The lowest BCUT2D eigenvalue weighted by Gasteiger charge is -2.56. The predicted octanol–water partition coefficient (Wildman–Crippen LogP) is 3.28. The van der Waals surface area contributed by atoms with E-state index in [1.165, 1.54) is 0 Å². The topological polar surface area (TPSA) is 37.4 Å². The minimum atomic E-state index is -0.426. The summed E-state index contributed by atoms with van der Waals surface area (Å²) in [6.45, 7) is 10.1. The van der Waals surface area contributed by atoms with E-state index in [9.17, 15) is 9.59 Å². The highest BCUT2D eigenvalue weighted by Crippen LogP contribution is 2.80. The number of allylic oxidation sites excluding steroid dienone is 1. The van der Waals surface area contributed by atoms with Crippen molar-refractivity contribution in [3.05, 3.63) is 12.2 Å². The number of carbonyl (C=O) groups is 2. The Hall–Kier alpha value is -0.640. The maximum atomic E-state index is 13.3. The smallest absolute Gasteiger partial charge is 0.227 e. The van der Waals surface area contributed by atoms with E-state index in [1.54, 1.807) is 0 Å². The molecule has 0 heterocycles. The van der Waals surface area contributed by atoms with Crippen LogP contribution in [0.15, 0.2) is 12.2 Å². The zero-order chi connectivity index (χ0) is 16.5. The number of nitrogens with zero attached hydrogens (tertiary/aromatic N) is 1. The van der Waals surface area contributed by atoms with Gasteiger partial charge in [-0.3, -0.25) is 9.59 Å². The van der Waals surface area contributed by atoms with Crippen LogP contribution in [0, 0.1) is 40.9 Å². The highest BCUT2D eigenvalue weighted by molar-refractivity contribution is 9.09. The van der Waals surface area contributed by atoms with Crippen LogP contribution >= 0.6 is 15.9 Å². The van der Waals surface area contributed by atoms with Crippen LogP contribution in [0.5, 0.6) is 0 Å². The molecule has 0 aromatic rings. The van der Waals surface area contributed by atoms with Crippen LogP contribution in [-0.4, -0.2) is 35.0 Å². The van der Waals surface area contributed by atoms with Gasteiger partial charge < -0.3 is 4.90 Å². The molecule has 0 spiro atoms. The molecule has 0 aromatic carbocycles. The number of hydrogen-bond donors (Lipinski definition) is 0.